The fraction of sp³-hybridized carbons (Fsp3) is 0.308. The third-order valence-electron chi connectivity index (χ3n) is 2.87. The van der Waals surface area contributed by atoms with E-state index in [1.165, 1.54) is 4.88 Å². The number of thiophene rings is 1. The molecule has 0 aliphatic heterocycles. The van der Waals surface area contributed by atoms with Gasteiger partial charge in [0.25, 0.3) is 0 Å². The molecule has 3 rings (SSSR count). The van der Waals surface area contributed by atoms with Crippen LogP contribution in [0.15, 0.2) is 11.4 Å². The van der Waals surface area contributed by atoms with Crippen molar-refractivity contribution < 1.29 is 0 Å². The number of nitrogens with zero attached hydrogens (tertiary/aromatic N) is 3. The molecule has 0 aromatic carbocycles. The van der Waals surface area contributed by atoms with Crippen LogP contribution < -0.4 is 11.1 Å². The number of thiazole rings is 1. The summed E-state index contributed by atoms with van der Waals surface area (Å²) in [4.78, 5) is 15.1. The Morgan fingerprint density at radius 2 is 2.10 bits per heavy atom. The smallest absolute Gasteiger partial charge is 0.223 e. The second kappa shape index (κ2) is 5.34. The Balaban J connectivity index is 1.76. The molecule has 0 saturated carbocycles. The number of nitrogens with two attached hydrogens (primary N) is 1. The Labute approximate surface area is 124 Å². The molecule has 20 heavy (non-hydrogen) atoms. The summed E-state index contributed by atoms with van der Waals surface area (Å²) in [6, 6.07) is 2.09. The number of fused-ring (bicyclic) bond motifs is 1. The minimum atomic E-state index is 0.311. The average molecular weight is 305 g/mol. The zero-order valence-corrected chi connectivity index (χ0v) is 12.9. The Hall–Kier alpha value is -1.73. The third kappa shape index (κ3) is 2.73. The topological polar surface area (TPSA) is 76.7 Å². The Morgan fingerprint density at radius 1 is 1.25 bits per heavy atom. The van der Waals surface area contributed by atoms with Crippen LogP contribution in [-0.2, 0) is 6.42 Å². The molecule has 0 saturated heterocycles. The number of nitrogens with one attached hydrogen (secondary N) is 1. The minimum Gasteiger partial charge on any atom is -0.369 e. The van der Waals surface area contributed by atoms with Gasteiger partial charge in [-0.2, -0.15) is 4.98 Å². The minimum absolute atomic E-state index is 0.311. The predicted octanol–water partition coefficient (Wildman–Crippen LogP) is 3.00. The Bertz CT molecular complexity index is 746. The van der Waals surface area contributed by atoms with Gasteiger partial charge in [0.2, 0.25) is 5.95 Å². The van der Waals surface area contributed by atoms with Crippen molar-refractivity contribution in [2.24, 2.45) is 0 Å². The number of hydrogen-bond acceptors (Lipinski definition) is 7. The van der Waals surface area contributed by atoms with Crippen molar-refractivity contribution in [1.29, 1.82) is 0 Å². The molecular weight excluding hydrogens is 290 g/mol. The molecule has 0 radical (unpaired) electrons. The van der Waals surface area contributed by atoms with Gasteiger partial charge >= 0.3 is 0 Å². The molecule has 5 nitrogen and oxygen atoms in total. The Kier molecular flexibility index (Phi) is 3.54. The predicted molar refractivity (Wildman–Crippen MR) is 85.6 cm³/mol. The number of hydrogen-bond donors (Lipinski definition) is 2. The van der Waals surface area contributed by atoms with Crippen molar-refractivity contribution in [1.82, 2.24) is 15.0 Å². The molecule has 0 atom stereocenters. The van der Waals surface area contributed by atoms with Crippen molar-refractivity contribution in [3.63, 3.8) is 0 Å². The standard InChI is InChI=1S/C13H15N5S2/c1-7-5-10-11(17-13(14)18-12(10)20-7)15-4-3-9-6-19-8(2)16-9/h5-6H,3-4H2,1-2H3,(H3,14,15,17,18). The summed E-state index contributed by atoms with van der Waals surface area (Å²) in [5.74, 6) is 1.12. The van der Waals surface area contributed by atoms with Crippen LogP contribution in [0.25, 0.3) is 10.2 Å². The van der Waals surface area contributed by atoms with E-state index in [1.54, 1.807) is 22.7 Å². The van der Waals surface area contributed by atoms with Crippen LogP contribution in [0.1, 0.15) is 15.6 Å². The lowest BCUT2D eigenvalue weighted by Crippen LogP contribution is -2.08. The highest BCUT2D eigenvalue weighted by molar-refractivity contribution is 7.18. The van der Waals surface area contributed by atoms with E-state index < -0.39 is 0 Å². The maximum absolute atomic E-state index is 5.75. The molecular formula is C13H15N5S2. The summed E-state index contributed by atoms with van der Waals surface area (Å²) >= 11 is 3.31. The van der Waals surface area contributed by atoms with E-state index in [4.69, 9.17) is 5.73 Å². The highest BCUT2D eigenvalue weighted by Gasteiger charge is 2.09. The van der Waals surface area contributed by atoms with Crippen LogP contribution in [0.3, 0.4) is 0 Å². The summed E-state index contributed by atoms with van der Waals surface area (Å²) in [7, 11) is 0. The van der Waals surface area contributed by atoms with E-state index in [-0.39, 0.29) is 0 Å². The average Bonchev–Trinajstić information content (AvgIpc) is 2.94. The van der Waals surface area contributed by atoms with E-state index in [2.05, 4.69) is 38.6 Å². The first kappa shape index (κ1) is 13.3. The largest absolute Gasteiger partial charge is 0.369 e. The monoisotopic (exact) mass is 305 g/mol. The van der Waals surface area contributed by atoms with Crippen molar-refractivity contribution >= 4 is 44.7 Å². The summed E-state index contributed by atoms with van der Waals surface area (Å²) < 4.78 is 0. The van der Waals surface area contributed by atoms with Gasteiger partial charge in [-0.15, -0.1) is 22.7 Å². The molecule has 0 unspecified atom stereocenters. The summed E-state index contributed by atoms with van der Waals surface area (Å²) in [5, 5.41) is 7.57. The second-order valence-electron chi connectivity index (χ2n) is 4.54. The molecule has 0 aliphatic carbocycles. The summed E-state index contributed by atoms with van der Waals surface area (Å²) in [6.45, 7) is 4.86. The number of aromatic nitrogens is 3. The quantitative estimate of drug-likeness (QED) is 0.775. The molecule has 3 aromatic rings. The van der Waals surface area contributed by atoms with Crippen molar-refractivity contribution in [2.75, 3.05) is 17.6 Å². The van der Waals surface area contributed by atoms with Gasteiger partial charge in [-0.05, 0) is 19.9 Å². The van der Waals surface area contributed by atoms with Gasteiger partial charge in [0.05, 0.1) is 16.1 Å². The summed E-state index contributed by atoms with van der Waals surface area (Å²) in [6.07, 6.45) is 0.874. The zero-order chi connectivity index (χ0) is 14.1. The van der Waals surface area contributed by atoms with Gasteiger partial charge in [-0.1, -0.05) is 0 Å². The number of rotatable bonds is 4. The highest BCUT2D eigenvalue weighted by atomic mass is 32.1. The lowest BCUT2D eigenvalue weighted by molar-refractivity contribution is 0.962. The number of nitrogen functional groups attached to an aromatic ring is 1. The molecule has 3 heterocycles. The molecule has 0 spiro atoms. The van der Waals surface area contributed by atoms with Gasteiger partial charge in [-0.3, -0.25) is 0 Å². The molecule has 3 aromatic heterocycles. The first-order valence-corrected chi connectivity index (χ1v) is 8.00. The SMILES string of the molecule is Cc1cc2c(NCCc3csc(C)n3)nc(N)nc2s1. The van der Waals surface area contributed by atoms with Crippen LogP contribution in [0.5, 0.6) is 0 Å². The van der Waals surface area contributed by atoms with Crippen LogP contribution >= 0.6 is 22.7 Å². The van der Waals surface area contributed by atoms with E-state index in [1.807, 2.05) is 6.92 Å². The second-order valence-corrected chi connectivity index (χ2v) is 6.84. The van der Waals surface area contributed by atoms with Gasteiger partial charge in [-0.25, -0.2) is 9.97 Å². The van der Waals surface area contributed by atoms with Gasteiger partial charge in [0, 0.05) is 23.2 Å². The zero-order valence-electron chi connectivity index (χ0n) is 11.3. The van der Waals surface area contributed by atoms with Crippen LogP contribution in [0.2, 0.25) is 0 Å². The fourth-order valence-electron chi connectivity index (χ4n) is 2.03. The van der Waals surface area contributed by atoms with E-state index in [0.29, 0.717) is 5.95 Å². The number of anilines is 2. The van der Waals surface area contributed by atoms with E-state index in [9.17, 15) is 0 Å². The summed E-state index contributed by atoms with van der Waals surface area (Å²) in [5.41, 5.74) is 6.86. The number of aryl methyl sites for hydroxylation is 2. The molecule has 3 N–H and O–H groups in total. The van der Waals surface area contributed by atoms with Gasteiger partial charge in [0.1, 0.15) is 10.6 Å². The lowest BCUT2D eigenvalue weighted by atomic mass is 10.3. The van der Waals surface area contributed by atoms with Crippen LogP contribution in [0.4, 0.5) is 11.8 Å². The highest BCUT2D eigenvalue weighted by Crippen LogP contribution is 2.28. The first-order chi connectivity index (χ1) is 9.61. The van der Waals surface area contributed by atoms with Gasteiger partial charge in [0.15, 0.2) is 0 Å². The normalized spacial score (nSPS) is 11.1. The molecule has 7 heteroatoms. The van der Waals surface area contributed by atoms with Gasteiger partial charge < -0.3 is 11.1 Å². The molecule has 0 aliphatic rings. The first-order valence-electron chi connectivity index (χ1n) is 6.30. The van der Waals surface area contributed by atoms with E-state index >= 15 is 0 Å². The van der Waals surface area contributed by atoms with Crippen LogP contribution in [-0.4, -0.2) is 21.5 Å². The lowest BCUT2D eigenvalue weighted by Gasteiger charge is -2.06. The molecule has 0 amide bonds. The maximum Gasteiger partial charge on any atom is 0.223 e. The van der Waals surface area contributed by atoms with Crippen LogP contribution in [0, 0.1) is 13.8 Å². The Morgan fingerprint density at radius 3 is 2.85 bits per heavy atom. The third-order valence-corrected chi connectivity index (χ3v) is 4.64. The fourth-order valence-corrected chi connectivity index (χ4v) is 3.56. The molecule has 0 bridgehead atoms. The molecule has 0 fully saturated rings. The van der Waals surface area contributed by atoms with Crippen molar-refractivity contribution in [3.8, 4) is 0 Å². The maximum atomic E-state index is 5.75. The molecule has 104 valence electrons. The van der Waals surface area contributed by atoms with Crippen molar-refractivity contribution in [3.05, 3.63) is 27.0 Å². The van der Waals surface area contributed by atoms with Crippen molar-refractivity contribution in [2.45, 2.75) is 20.3 Å². The van der Waals surface area contributed by atoms with E-state index in [0.717, 1.165) is 39.7 Å².